The predicted octanol–water partition coefficient (Wildman–Crippen LogP) is 4.33. The molecule has 0 amide bonds. The highest BCUT2D eigenvalue weighted by molar-refractivity contribution is 7.99. The van der Waals surface area contributed by atoms with Gasteiger partial charge >= 0.3 is 0 Å². The van der Waals surface area contributed by atoms with Crippen LogP contribution in [0.1, 0.15) is 50.4 Å². The summed E-state index contributed by atoms with van der Waals surface area (Å²) in [5.41, 5.74) is 9.11. The third-order valence-corrected chi connectivity index (χ3v) is 5.14. The van der Waals surface area contributed by atoms with Crippen molar-refractivity contribution in [1.82, 2.24) is 14.5 Å². The Morgan fingerprint density at radius 1 is 1.14 bits per heavy atom. The first-order valence-corrected chi connectivity index (χ1v) is 9.46. The van der Waals surface area contributed by atoms with Crippen LogP contribution in [-0.4, -0.2) is 26.0 Å². The molecule has 2 N–H and O–H groups in total. The normalized spacial score (nSPS) is 11.4. The van der Waals surface area contributed by atoms with Gasteiger partial charge < -0.3 is 10.3 Å². The van der Waals surface area contributed by atoms with Crippen molar-refractivity contribution in [1.29, 1.82) is 0 Å². The Morgan fingerprint density at radius 2 is 1.91 bits per heavy atom. The van der Waals surface area contributed by atoms with Gasteiger partial charge in [0.2, 0.25) is 0 Å². The van der Waals surface area contributed by atoms with E-state index in [1.165, 1.54) is 43.6 Å². The zero-order valence-electron chi connectivity index (χ0n) is 14.1. The molecule has 4 nitrogen and oxygen atoms in total. The molecular formula is C17H28N4S. The van der Waals surface area contributed by atoms with Crippen LogP contribution in [0.4, 0.5) is 5.82 Å². The molecule has 22 heavy (non-hydrogen) atoms. The van der Waals surface area contributed by atoms with Crippen LogP contribution in [0.25, 0.3) is 11.0 Å². The van der Waals surface area contributed by atoms with Crippen LogP contribution in [0.2, 0.25) is 0 Å². The number of aryl methyl sites for hydroxylation is 3. The highest BCUT2D eigenvalue weighted by Gasteiger charge is 2.12. The SMILES string of the molecule is CCCCSCCCCCn1c(C)nc2c(N)ncc(C)c21. The molecule has 0 aliphatic carbocycles. The molecular weight excluding hydrogens is 292 g/mol. The second kappa shape index (κ2) is 8.42. The zero-order valence-corrected chi connectivity index (χ0v) is 14.9. The first-order chi connectivity index (χ1) is 10.6. The summed E-state index contributed by atoms with van der Waals surface area (Å²) >= 11 is 2.09. The molecule has 0 saturated heterocycles. The summed E-state index contributed by atoms with van der Waals surface area (Å²) in [5, 5.41) is 0. The fourth-order valence-electron chi connectivity index (χ4n) is 2.70. The van der Waals surface area contributed by atoms with E-state index in [4.69, 9.17) is 5.73 Å². The quantitative estimate of drug-likeness (QED) is 0.699. The monoisotopic (exact) mass is 320 g/mol. The van der Waals surface area contributed by atoms with Gasteiger partial charge in [-0.05, 0) is 50.2 Å². The van der Waals surface area contributed by atoms with Crippen LogP contribution >= 0.6 is 11.8 Å². The molecule has 0 aromatic carbocycles. The molecule has 5 heteroatoms. The number of nitrogens with zero attached hydrogens (tertiary/aromatic N) is 3. The molecule has 2 aromatic rings. The molecule has 2 rings (SSSR count). The van der Waals surface area contributed by atoms with Gasteiger partial charge in [-0.3, -0.25) is 0 Å². The molecule has 0 aliphatic rings. The standard InChI is InChI=1S/C17H28N4S/c1-4-5-10-22-11-8-6-7-9-21-14(3)20-15-16(21)13(2)12-19-17(15)18/h12H,4-11H2,1-3H3,(H2,18,19). The number of nitrogens with two attached hydrogens (primary N) is 1. The Hall–Kier alpha value is -1.23. The maximum atomic E-state index is 5.95. The molecule has 0 radical (unpaired) electrons. The van der Waals surface area contributed by atoms with Crippen LogP contribution in [0, 0.1) is 13.8 Å². The van der Waals surface area contributed by atoms with Gasteiger partial charge in [-0.15, -0.1) is 0 Å². The lowest BCUT2D eigenvalue weighted by atomic mass is 10.2. The van der Waals surface area contributed by atoms with Gasteiger partial charge in [0.05, 0.1) is 5.52 Å². The largest absolute Gasteiger partial charge is 0.382 e. The number of thioether (sulfide) groups is 1. The van der Waals surface area contributed by atoms with Gasteiger partial charge in [0.1, 0.15) is 11.3 Å². The molecule has 0 atom stereocenters. The number of anilines is 1. The van der Waals surface area contributed by atoms with E-state index in [2.05, 4.69) is 47.1 Å². The topological polar surface area (TPSA) is 56.7 Å². The fraction of sp³-hybridized carbons (Fsp3) is 0.647. The number of nitrogen functional groups attached to an aromatic ring is 1. The zero-order chi connectivity index (χ0) is 15.9. The van der Waals surface area contributed by atoms with Crippen LogP contribution in [0.5, 0.6) is 0 Å². The summed E-state index contributed by atoms with van der Waals surface area (Å²) in [6.07, 6.45) is 8.28. The summed E-state index contributed by atoms with van der Waals surface area (Å²) < 4.78 is 2.30. The minimum Gasteiger partial charge on any atom is -0.382 e. The van der Waals surface area contributed by atoms with Crippen molar-refractivity contribution in [3.05, 3.63) is 17.6 Å². The molecule has 2 aromatic heterocycles. The lowest BCUT2D eigenvalue weighted by molar-refractivity contribution is 0.603. The predicted molar refractivity (Wildman–Crippen MR) is 97.5 cm³/mol. The summed E-state index contributed by atoms with van der Waals surface area (Å²) in [4.78, 5) is 8.80. The number of fused-ring (bicyclic) bond motifs is 1. The van der Waals surface area contributed by atoms with Gasteiger partial charge in [0, 0.05) is 12.7 Å². The fourth-order valence-corrected chi connectivity index (χ4v) is 3.81. The highest BCUT2D eigenvalue weighted by Crippen LogP contribution is 2.23. The first-order valence-electron chi connectivity index (χ1n) is 8.30. The van der Waals surface area contributed by atoms with Crippen molar-refractivity contribution in [2.75, 3.05) is 17.2 Å². The van der Waals surface area contributed by atoms with Crippen molar-refractivity contribution in [2.45, 2.75) is 59.4 Å². The van der Waals surface area contributed by atoms with E-state index >= 15 is 0 Å². The van der Waals surface area contributed by atoms with Gasteiger partial charge in [-0.1, -0.05) is 19.8 Å². The molecule has 2 heterocycles. The van der Waals surface area contributed by atoms with Gasteiger partial charge in [0.15, 0.2) is 5.82 Å². The summed E-state index contributed by atoms with van der Waals surface area (Å²) in [7, 11) is 0. The molecule has 0 fully saturated rings. The van der Waals surface area contributed by atoms with E-state index in [0.717, 1.165) is 29.0 Å². The van der Waals surface area contributed by atoms with E-state index in [-0.39, 0.29) is 0 Å². The van der Waals surface area contributed by atoms with Crippen LogP contribution in [-0.2, 0) is 6.54 Å². The number of hydrogen-bond donors (Lipinski definition) is 1. The summed E-state index contributed by atoms with van der Waals surface area (Å²) in [6.45, 7) is 7.41. The first kappa shape index (κ1) is 17.1. The highest BCUT2D eigenvalue weighted by atomic mass is 32.2. The molecule has 0 spiro atoms. The van der Waals surface area contributed by atoms with Gasteiger partial charge in [-0.25, -0.2) is 9.97 Å². The number of imidazole rings is 1. The molecule has 122 valence electrons. The lowest BCUT2D eigenvalue weighted by Gasteiger charge is -2.08. The number of hydrogen-bond acceptors (Lipinski definition) is 4. The summed E-state index contributed by atoms with van der Waals surface area (Å²) in [5.74, 6) is 4.18. The Bertz CT molecular complexity index is 606. The molecule has 0 saturated carbocycles. The number of rotatable bonds is 9. The Kier molecular flexibility index (Phi) is 6.55. The van der Waals surface area contributed by atoms with E-state index in [9.17, 15) is 0 Å². The van der Waals surface area contributed by atoms with E-state index in [1.54, 1.807) is 0 Å². The smallest absolute Gasteiger partial charge is 0.151 e. The van der Waals surface area contributed by atoms with Crippen molar-refractivity contribution in [3.63, 3.8) is 0 Å². The number of aromatic nitrogens is 3. The third-order valence-electron chi connectivity index (χ3n) is 3.98. The van der Waals surface area contributed by atoms with E-state index < -0.39 is 0 Å². The molecule has 0 aliphatic heterocycles. The minimum atomic E-state index is 0.537. The van der Waals surface area contributed by atoms with Gasteiger partial charge in [0.25, 0.3) is 0 Å². The number of pyridine rings is 1. The lowest BCUT2D eigenvalue weighted by Crippen LogP contribution is -2.02. The second-order valence-electron chi connectivity index (χ2n) is 5.86. The second-order valence-corrected chi connectivity index (χ2v) is 7.09. The van der Waals surface area contributed by atoms with Gasteiger partial charge in [-0.2, -0.15) is 11.8 Å². The minimum absolute atomic E-state index is 0.537. The number of unbranched alkanes of at least 4 members (excludes halogenated alkanes) is 3. The van der Waals surface area contributed by atoms with Crippen LogP contribution < -0.4 is 5.73 Å². The maximum Gasteiger partial charge on any atom is 0.151 e. The average molecular weight is 321 g/mol. The average Bonchev–Trinajstić information content (AvgIpc) is 2.84. The third kappa shape index (κ3) is 4.15. The van der Waals surface area contributed by atoms with E-state index in [0.29, 0.717) is 5.82 Å². The van der Waals surface area contributed by atoms with Crippen molar-refractivity contribution >= 4 is 28.6 Å². The Labute approximate surface area is 137 Å². The Balaban J connectivity index is 1.87. The van der Waals surface area contributed by atoms with Crippen molar-refractivity contribution in [2.24, 2.45) is 0 Å². The van der Waals surface area contributed by atoms with Crippen LogP contribution in [0.3, 0.4) is 0 Å². The summed E-state index contributed by atoms with van der Waals surface area (Å²) in [6, 6.07) is 0. The Morgan fingerprint density at radius 3 is 2.68 bits per heavy atom. The van der Waals surface area contributed by atoms with Crippen LogP contribution in [0.15, 0.2) is 6.20 Å². The van der Waals surface area contributed by atoms with Crippen molar-refractivity contribution < 1.29 is 0 Å². The molecule has 0 unspecified atom stereocenters. The molecule has 0 bridgehead atoms. The van der Waals surface area contributed by atoms with E-state index in [1.807, 2.05) is 6.20 Å². The van der Waals surface area contributed by atoms with Crippen molar-refractivity contribution in [3.8, 4) is 0 Å². The maximum absolute atomic E-state index is 5.95.